The monoisotopic (exact) mass is 582 g/mol. The van der Waals surface area contributed by atoms with E-state index < -0.39 is 0 Å². The van der Waals surface area contributed by atoms with E-state index in [2.05, 4.69) is 10.3 Å². The van der Waals surface area contributed by atoms with Crippen LogP contribution >= 0.6 is 0 Å². The number of pyridine rings is 1. The minimum absolute atomic E-state index is 0.150. The number of carbonyl (C=O) groups is 2. The van der Waals surface area contributed by atoms with Crippen molar-refractivity contribution in [3.63, 3.8) is 0 Å². The highest BCUT2D eigenvalue weighted by Crippen LogP contribution is 2.23. The molecule has 0 aliphatic carbocycles. The van der Waals surface area contributed by atoms with Crippen LogP contribution in [0.3, 0.4) is 0 Å². The highest BCUT2D eigenvalue weighted by molar-refractivity contribution is 6.06. The van der Waals surface area contributed by atoms with Crippen molar-refractivity contribution >= 4 is 39.9 Å². The fourth-order valence-electron chi connectivity index (χ4n) is 5.18. The molecule has 0 fully saturated rings. The first-order valence-corrected chi connectivity index (χ1v) is 14.1. The first-order valence-electron chi connectivity index (χ1n) is 14.1. The molecule has 6 aromatic rings. The van der Waals surface area contributed by atoms with Crippen molar-refractivity contribution in [2.75, 3.05) is 16.0 Å². The maximum atomic E-state index is 13.6. The number of nitrogens with zero attached hydrogens (tertiary/aromatic N) is 4. The SMILES string of the molecule is Cn1c(=O)n(Cc2ccc(C(=O)Nc3ccccc3N)cc2)c2cc(CN(C(=O)c3ccncc3)c3ccccc3)ccc21. The molecule has 2 heterocycles. The number of aryl methyl sites for hydroxylation is 1. The highest BCUT2D eigenvalue weighted by Gasteiger charge is 2.20. The molecule has 0 saturated carbocycles. The van der Waals surface area contributed by atoms with E-state index in [1.54, 1.807) is 82.0 Å². The summed E-state index contributed by atoms with van der Waals surface area (Å²) < 4.78 is 3.32. The number of anilines is 3. The first-order chi connectivity index (χ1) is 21.4. The molecular formula is C35H30N6O3. The molecule has 3 N–H and O–H groups in total. The third kappa shape index (κ3) is 5.71. The van der Waals surface area contributed by atoms with E-state index >= 15 is 0 Å². The zero-order valence-electron chi connectivity index (χ0n) is 24.1. The second kappa shape index (κ2) is 12.1. The van der Waals surface area contributed by atoms with Gasteiger partial charge in [-0.25, -0.2) is 4.79 Å². The van der Waals surface area contributed by atoms with E-state index in [4.69, 9.17) is 5.73 Å². The molecule has 218 valence electrons. The lowest BCUT2D eigenvalue weighted by molar-refractivity contribution is 0.0983. The standard InChI is InChI=1S/C35H30N6O3/c1-39-31-16-13-25(23-40(28-7-3-2-4-8-28)34(43)27-17-19-37-20-18-27)21-32(31)41(35(39)44)22-24-11-14-26(15-12-24)33(42)38-30-10-6-5-9-29(30)36/h2-21H,22-23,36H2,1H3,(H,38,42). The van der Waals surface area contributed by atoms with E-state index in [0.717, 1.165) is 27.8 Å². The van der Waals surface area contributed by atoms with Crippen molar-refractivity contribution in [3.05, 3.63) is 154 Å². The number of hydrogen-bond donors (Lipinski definition) is 2. The fourth-order valence-corrected chi connectivity index (χ4v) is 5.18. The number of benzene rings is 4. The summed E-state index contributed by atoms with van der Waals surface area (Å²) in [5, 5.41) is 2.83. The summed E-state index contributed by atoms with van der Waals surface area (Å²) in [4.78, 5) is 45.4. The van der Waals surface area contributed by atoms with Gasteiger partial charge >= 0.3 is 5.69 Å². The van der Waals surface area contributed by atoms with Crippen LogP contribution in [0.1, 0.15) is 31.8 Å². The number of hydrogen-bond acceptors (Lipinski definition) is 5. The molecule has 9 nitrogen and oxygen atoms in total. The van der Waals surface area contributed by atoms with Gasteiger partial charge in [-0.1, -0.05) is 48.5 Å². The van der Waals surface area contributed by atoms with Gasteiger partial charge < -0.3 is 16.0 Å². The van der Waals surface area contributed by atoms with Gasteiger partial charge in [0, 0.05) is 36.3 Å². The topological polar surface area (TPSA) is 115 Å². The van der Waals surface area contributed by atoms with Crippen LogP contribution in [0, 0.1) is 0 Å². The summed E-state index contributed by atoms with van der Waals surface area (Å²) >= 11 is 0. The number of amides is 2. The number of para-hydroxylation sites is 3. The van der Waals surface area contributed by atoms with Crippen LogP contribution in [0.25, 0.3) is 11.0 Å². The summed E-state index contributed by atoms with van der Waals surface area (Å²) in [5.74, 6) is -0.422. The lowest BCUT2D eigenvalue weighted by Crippen LogP contribution is -2.30. The largest absolute Gasteiger partial charge is 0.397 e. The first kappa shape index (κ1) is 28.2. The molecule has 0 saturated heterocycles. The molecule has 44 heavy (non-hydrogen) atoms. The maximum Gasteiger partial charge on any atom is 0.329 e. The van der Waals surface area contributed by atoms with E-state index in [0.29, 0.717) is 35.6 Å². The second-order valence-corrected chi connectivity index (χ2v) is 10.5. The Balaban J connectivity index is 1.28. The average molecular weight is 583 g/mol. The third-order valence-corrected chi connectivity index (χ3v) is 7.56. The van der Waals surface area contributed by atoms with E-state index in [-0.39, 0.29) is 17.5 Å². The quantitative estimate of drug-likeness (QED) is 0.231. The molecule has 6 rings (SSSR count). The Morgan fingerprint density at radius 3 is 2.20 bits per heavy atom. The number of nitrogens with two attached hydrogens (primary N) is 1. The van der Waals surface area contributed by atoms with Crippen LogP contribution in [-0.4, -0.2) is 25.9 Å². The van der Waals surface area contributed by atoms with Crippen LogP contribution < -0.4 is 21.6 Å². The number of nitrogens with one attached hydrogen (secondary N) is 1. The zero-order chi connectivity index (χ0) is 30.6. The van der Waals surface area contributed by atoms with Crippen LogP contribution in [0.15, 0.2) is 126 Å². The van der Waals surface area contributed by atoms with Crippen molar-refractivity contribution in [2.45, 2.75) is 13.1 Å². The highest BCUT2D eigenvalue weighted by atomic mass is 16.2. The predicted octanol–water partition coefficient (Wildman–Crippen LogP) is 5.46. The van der Waals surface area contributed by atoms with Gasteiger partial charge in [-0.3, -0.25) is 23.7 Å². The minimum Gasteiger partial charge on any atom is -0.397 e. The molecule has 2 amide bonds. The number of aromatic nitrogens is 3. The Morgan fingerprint density at radius 1 is 0.795 bits per heavy atom. The van der Waals surface area contributed by atoms with Crippen LogP contribution in [0.4, 0.5) is 17.1 Å². The molecule has 0 spiro atoms. The third-order valence-electron chi connectivity index (χ3n) is 7.56. The van der Waals surface area contributed by atoms with E-state index in [1.807, 2.05) is 60.7 Å². The van der Waals surface area contributed by atoms with Gasteiger partial charge in [0.05, 0.1) is 35.5 Å². The number of rotatable bonds is 8. The Kier molecular flexibility index (Phi) is 7.75. The lowest BCUT2D eigenvalue weighted by Gasteiger charge is -2.23. The van der Waals surface area contributed by atoms with Gasteiger partial charge in [-0.15, -0.1) is 0 Å². The summed E-state index contributed by atoms with van der Waals surface area (Å²) in [6, 6.07) is 32.9. The van der Waals surface area contributed by atoms with Crippen molar-refractivity contribution in [1.82, 2.24) is 14.1 Å². The molecule has 0 aliphatic rings. The number of fused-ring (bicyclic) bond motifs is 1. The van der Waals surface area contributed by atoms with Crippen LogP contribution in [0.2, 0.25) is 0 Å². The van der Waals surface area contributed by atoms with Crippen molar-refractivity contribution in [2.24, 2.45) is 7.05 Å². The second-order valence-electron chi connectivity index (χ2n) is 10.5. The average Bonchev–Trinajstić information content (AvgIpc) is 3.29. The van der Waals surface area contributed by atoms with Gasteiger partial charge in [0.15, 0.2) is 0 Å². The fraction of sp³-hybridized carbons (Fsp3) is 0.0857. The maximum absolute atomic E-state index is 13.6. The van der Waals surface area contributed by atoms with Gasteiger partial charge in [-0.05, 0) is 71.8 Å². The van der Waals surface area contributed by atoms with E-state index in [9.17, 15) is 14.4 Å². The minimum atomic E-state index is -0.272. The number of imidazole rings is 1. The van der Waals surface area contributed by atoms with Crippen LogP contribution in [0.5, 0.6) is 0 Å². The Bertz CT molecular complexity index is 2020. The van der Waals surface area contributed by atoms with Gasteiger partial charge in [-0.2, -0.15) is 0 Å². The molecule has 0 aliphatic heterocycles. The smallest absolute Gasteiger partial charge is 0.329 e. The van der Waals surface area contributed by atoms with E-state index in [1.165, 1.54) is 0 Å². The Hall–Kier alpha value is -5.96. The molecule has 2 aromatic heterocycles. The molecule has 4 aromatic carbocycles. The summed E-state index contributed by atoms with van der Waals surface area (Å²) in [6.07, 6.45) is 3.20. The molecule has 9 heteroatoms. The molecule has 0 atom stereocenters. The number of nitrogen functional groups attached to an aromatic ring is 1. The molecule has 0 unspecified atom stereocenters. The zero-order valence-corrected chi connectivity index (χ0v) is 24.1. The van der Waals surface area contributed by atoms with Crippen LogP contribution in [-0.2, 0) is 20.1 Å². The van der Waals surface area contributed by atoms with Gasteiger partial charge in [0.25, 0.3) is 11.8 Å². The lowest BCUT2D eigenvalue weighted by atomic mass is 10.1. The summed E-state index contributed by atoms with van der Waals surface area (Å²) in [7, 11) is 1.74. The van der Waals surface area contributed by atoms with Crippen molar-refractivity contribution in [1.29, 1.82) is 0 Å². The number of carbonyl (C=O) groups excluding carboxylic acids is 2. The van der Waals surface area contributed by atoms with Gasteiger partial charge in [0.2, 0.25) is 0 Å². The van der Waals surface area contributed by atoms with Crippen molar-refractivity contribution in [3.8, 4) is 0 Å². The molecule has 0 radical (unpaired) electrons. The summed E-state index contributed by atoms with van der Waals surface area (Å²) in [5.41, 5.74) is 11.9. The Morgan fingerprint density at radius 2 is 1.48 bits per heavy atom. The van der Waals surface area contributed by atoms with Gasteiger partial charge in [0.1, 0.15) is 0 Å². The molecule has 0 bridgehead atoms. The predicted molar refractivity (Wildman–Crippen MR) is 173 cm³/mol. The molecular weight excluding hydrogens is 552 g/mol. The van der Waals surface area contributed by atoms with Crippen molar-refractivity contribution < 1.29 is 9.59 Å². The normalized spacial score (nSPS) is 10.9. The summed E-state index contributed by atoms with van der Waals surface area (Å²) in [6.45, 7) is 0.617. The Labute approximate surface area is 253 Å².